The second kappa shape index (κ2) is 7.06. The third-order valence-electron chi connectivity index (χ3n) is 3.77. The SMILES string of the molecule is C=C[C@@](C)(CCc1ccccc1)NCc1ccccc1. The van der Waals surface area contributed by atoms with Crippen LogP contribution in [0.4, 0.5) is 0 Å². The highest BCUT2D eigenvalue weighted by molar-refractivity contribution is 5.17. The van der Waals surface area contributed by atoms with E-state index in [-0.39, 0.29) is 5.54 Å². The van der Waals surface area contributed by atoms with Crippen molar-refractivity contribution in [2.24, 2.45) is 0 Å². The summed E-state index contributed by atoms with van der Waals surface area (Å²) in [5.41, 5.74) is 2.65. The smallest absolute Gasteiger partial charge is 0.0339 e. The quantitative estimate of drug-likeness (QED) is 0.734. The molecule has 0 aliphatic carbocycles. The zero-order valence-corrected chi connectivity index (χ0v) is 12.2. The van der Waals surface area contributed by atoms with Crippen molar-refractivity contribution >= 4 is 0 Å². The van der Waals surface area contributed by atoms with E-state index in [1.54, 1.807) is 0 Å². The molecule has 0 amide bonds. The van der Waals surface area contributed by atoms with E-state index in [0.717, 1.165) is 19.4 Å². The molecule has 0 spiro atoms. The third kappa shape index (κ3) is 4.36. The van der Waals surface area contributed by atoms with E-state index in [1.807, 2.05) is 12.1 Å². The first-order valence-electron chi connectivity index (χ1n) is 7.18. The van der Waals surface area contributed by atoms with Crippen LogP contribution in [0, 0.1) is 0 Å². The zero-order valence-electron chi connectivity index (χ0n) is 12.2. The molecule has 0 bridgehead atoms. The predicted octanol–water partition coefficient (Wildman–Crippen LogP) is 4.35. The second-order valence-electron chi connectivity index (χ2n) is 5.45. The number of nitrogens with one attached hydrogen (secondary N) is 1. The first-order valence-corrected chi connectivity index (χ1v) is 7.18. The van der Waals surface area contributed by atoms with Gasteiger partial charge in [-0.05, 0) is 30.9 Å². The molecule has 104 valence electrons. The summed E-state index contributed by atoms with van der Waals surface area (Å²) < 4.78 is 0. The van der Waals surface area contributed by atoms with E-state index in [1.165, 1.54) is 11.1 Å². The van der Waals surface area contributed by atoms with Crippen LogP contribution in [0.15, 0.2) is 73.3 Å². The van der Waals surface area contributed by atoms with Gasteiger partial charge in [-0.25, -0.2) is 0 Å². The molecule has 0 aromatic heterocycles. The second-order valence-corrected chi connectivity index (χ2v) is 5.45. The van der Waals surface area contributed by atoms with E-state index in [0.29, 0.717) is 0 Å². The number of aryl methyl sites for hydroxylation is 1. The van der Waals surface area contributed by atoms with Crippen molar-refractivity contribution < 1.29 is 0 Å². The molecule has 2 aromatic rings. The van der Waals surface area contributed by atoms with Gasteiger partial charge in [0.1, 0.15) is 0 Å². The summed E-state index contributed by atoms with van der Waals surface area (Å²) >= 11 is 0. The predicted molar refractivity (Wildman–Crippen MR) is 86.6 cm³/mol. The maximum Gasteiger partial charge on any atom is 0.0339 e. The van der Waals surface area contributed by atoms with Gasteiger partial charge in [0.2, 0.25) is 0 Å². The molecular formula is C19H23N. The van der Waals surface area contributed by atoms with Gasteiger partial charge in [0, 0.05) is 12.1 Å². The van der Waals surface area contributed by atoms with E-state index in [2.05, 4.69) is 73.4 Å². The largest absolute Gasteiger partial charge is 0.304 e. The molecule has 2 rings (SSSR count). The number of benzene rings is 2. The molecular weight excluding hydrogens is 242 g/mol. The van der Waals surface area contributed by atoms with Gasteiger partial charge in [0.15, 0.2) is 0 Å². The van der Waals surface area contributed by atoms with Gasteiger partial charge >= 0.3 is 0 Å². The van der Waals surface area contributed by atoms with Crippen molar-refractivity contribution in [3.05, 3.63) is 84.4 Å². The highest BCUT2D eigenvalue weighted by Crippen LogP contribution is 2.16. The summed E-state index contributed by atoms with van der Waals surface area (Å²) in [5, 5.41) is 3.61. The van der Waals surface area contributed by atoms with Crippen LogP contribution in [0.1, 0.15) is 24.5 Å². The van der Waals surface area contributed by atoms with Crippen LogP contribution in [-0.2, 0) is 13.0 Å². The van der Waals surface area contributed by atoms with E-state index >= 15 is 0 Å². The average Bonchev–Trinajstić information content (AvgIpc) is 2.53. The summed E-state index contributed by atoms with van der Waals surface area (Å²) in [7, 11) is 0. The molecule has 0 saturated carbocycles. The van der Waals surface area contributed by atoms with Crippen molar-refractivity contribution in [2.75, 3.05) is 0 Å². The van der Waals surface area contributed by atoms with Gasteiger partial charge in [0.25, 0.3) is 0 Å². The summed E-state index contributed by atoms with van der Waals surface area (Å²) in [6.45, 7) is 7.08. The Morgan fingerprint density at radius 3 is 2.05 bits per heavy atom. The molecule has 0 heterocycles. The van der Waals surface area contributed by atoms with Crippen LogP contribution in [0.2, 0.25) is 0 Å². The fourth-order valence-electron chi connectivity index (χ4n) is 2.21. The Hall–Kier alpha value is -1.86. The number of hydrogen-bond acceptors (Lipinski definition) is 1. The summed E-state index contributed by atoms with van der Waals surface area (Å²) in [4.78, 5) is 0. The van der Waals surface area contributed by atoms with Crippen molar-refractivity contribution in [2.45, 2.75) is 31.8 Å². The minimum atomic E-state index is -0.0360. The molecule has 20 heavy (non-hydrogen) atoms. The highest BCUT2D eigenvalue weighted by atomic mass is 14.9. The molecule has 1 N–H and O–H groups in total. The van der Waals surface area contributed by atoms with Crippen LogP contribution >= 0.6 is 0 Å². The van der Waals surface area contributed by atoms with Gasteiger partial charge in [-0.1, -0.05) is 66.7 Å². The fraction of sp³-hybridized carbons (Fsp3) is 0.263. The Balaban J connectivity index is 1.90. The molecule has 2 aromatic carbocycles. The minimum absolute atomic E-state index is 0.0360. The third-order valence-corrected chi connectivity index (χ3v) is 3.77. The molecule has 1 heteroatoms. The topological polar surface area (TPSA) is 12.0 Å². The molecule has 0 radical (unpaired) electrons. The Morgan fingerprint density at radius 1 is 0.950 bits per heavy atom. The molecule has 0 aliphatic heterocycles. The Bertz CT molecular complexity index is 472. The van der Waals surface area contributed by atoms with Gasteiger partial charge in [-0.15, -0.1) is 6.58 Å². The van der Waals surface area contributed by atoms with Crippen LogP contribution in [-0.4, -0.2) is 5.54 Å². The van der Waals surface area contributed by atoms with Crippen molar-refractivity contribution in [1.29, 1.82) is 0 Å². The normalized spacial score (nSPS) is 13.7. The van der Waals surface area contributed by atoms with Crippen LogP contribution in [0.25, 0.3) is 0 Å². The monoisotopic (exact) mass is 265 g/mol. The zero-order chi connectivity index (χ0) is 14.3. The van der Waals surface area contributed by atoms with Gasteiger partial charge in [0.05, 0.1) is 0 Å². The van der Waals surface area contributed by atoms with Crippen LogP contribution < -0.4 is 5.32 Å². The Kier molecular flexibility index (Phi) is 5.14. The molecule has 0 aliphatic rings. The van der Waals surface area contributed by atoms with Crippen molar-refractivity contribution in [1.82, 2.24) is 5.32 Å². The van der Waals surface area contributed by atoms with Crippen molar-refractivity contribution in [3.8, 4) is 0 Å². The number of rotatable bonds is 7. The van der Waals surface area contributed by atoms with E-state index in [9.17, 15) is 0 Å². The molecule has 0 saturated heterocycles. The fourth-order valence-corrected chi connectivity index (χ4v) is 2.21. The number of hydrogen-bond donors (Lipinski definition) is 1. The summed E-state index contributed by atoms with van der Waals surface area (Å²) in [6.07, 6.45) is 4.14. The first kappa shape index (κ1) is 14.5. The van der Waals surface area contributed by atoms with Gasteiger partial charge < -0.3 is 5.32 Å². The highest BCUT2D eigenvalue weighted by Gasteiger charge is 2.18. The first-order chi connectivity index (χ1) is 9.72. The summed E-state index contributed by atoms with van der Waals surface area (Å²) in [5.74, 6) is 0. The standard InChI is InChI=1S/C19H23N/c1-3-19(2,15-14-17-10-6-4-7-11-17)20-16-18-12-8-5-9-13-18/h3-13,20H,1,14-16H2,2H3/t19-/m0/s1. The molecule has 1 atom stereocenters. The van der Waals surface area contributed by atoms with Crippen LogP contribution in [0.3, 0.4) is 0 Å². The van der Waals surface area contributed by atoms with E-state index in [4.69, 9.17) is 0 Å². The Morgan fingerprint density at radius 2 is 1.50 bits per heavy atom. The Labute approximate surface area is 122 Å². The lowest BCUT2D eigenvalue weighted by molar-refractivity contribution is 0.406. The van der Waals surface area contributed by atoms with Crippen molar-refractivity contribution in [3.63, 3.8) is 0 Å². The maximum atomic E-state index is 3.99. The molecule has 0 unspecified atom stereocenters. The molecule has 1 nitrogen and oxygen atoms in total. The lowest BCUT2D eigenvalue weighted by Crippen LogP contribution is -2.40. The lowest BCUT2D eigenvalue weighted by Gasteiger charge is -2.27. The van der Waals surface area contributed by atoms with Gasteiger partial charge in [-0.3, -0.25) is 0 Å². The van der Waals surface area contributed by atoms with Crippen LogP contribution in [0.5, 0.6) is 0 Å². The maximum absolute atomic E-state index is 3.99. The minimum Gasteiger partial charge on any atom is -0.304 e. The van der Waals surface area contributed by atoms with E-state index < -0.39 is 0 Å². The summed E-state index contributed by atoms with van der Waals surface area (Å²) in [6, 6.07) is 21.1. The van der Waals surface area contributed by atoms with Gasteiger partial charge in [-0.2, -0.15) is 0 Å². The lowest BCUT2D eigenvalue weighted by atomic mass is 9.93. The average molecular weight is 265 g/mol. The molecule has 0 fully saturated rings.